The van der Waals surface area contributed by atoms with Crippen LogP contribution in [0.5, 0.6) is 0 Å². The third-order valence-electron chi connectivity index (χ3n) is 4.98. The van der Waals surface area contributed by atoms with Gasteiger partial charge in [-0.3, -0.25) is 4.79 Å². The molecule has 3 aromatic rings. The average molecular weight is 379 g/mol. The van der Waals surface area contributed by atoms with Gasteiger partial charge in [0.15, 0.2) is 5.82 Å². The Balaban J connectivity index is 1.54. The number of hydrogen-bond donors (Lipinski definition) is 0. The van der Waals surface area contributed by atoms with Crippen LogP contribution in [-0.2, 0) is 0 Å². The summed E-state index contributed by atoms with van der Waals surface area (Å²) in [5, 5.41) is 0. The van der Waals surface area contributed by atoms with Gasteiger partial charge in [-0.15, -0.1) is 0 Å². The number of carbonyl (C=O) groups excluding carboxylic acids is 1. The zero-order valence-electron chi connectivity index (χ0n) is 15.2. The summed E-state index contributed by atoms with van der Waals surface area (Å²) in [6.07, 6.45) is 3.45. The molecule has 0 bridgehead atoms. The molecule has 0 N–H and O–H groups in total. The van der Waals surface area contributed by atoms with E-state index in [4.69, 9.17) is 0 Å². The fourth-order valence-electron chi connectivity index (χ4n) is 3.55. The van der Waals surface area contributed by atoms with Gasteiger partial charge in [0.1, 0.15) is 11.6 Å². The molecule has 28 heavy (non-hydrogen) atoms. The molecule has 1 amide bonds. The van der Waals surface area contributed by atoms with E-state index in [0.717, 1.165) is 24.1 Å². The molecular weight excluding hydrogens is 360 g/mol. The number of carbonyl (C=O) groups is 1. The second-order valence-electron chi connectivity index (χ2n) is 6.91. The normalized spacial score (nSPS) is 16.8. The summed E-state index contributed by atoms with van der Waals surface area (Å²) in [5.41, 5.74) is 1.95. The van der Waals surface area contributed by atoms with E-state index in [-0.39, 0.29) is 17.6 Å². The minimum Gasteiger partial charge on any atom is -0.338 e. The Bertz CT molecular complexity index is 991. The van der Waals surface area contributed by atoms with Crippen molar-refractivity contribution in [3.8, 4) is 11.4 Å². The smallest absolute Gasteiger partial charge is 0.253 e. The molecular formula is C22H19F2N3O. The Hall–Kier alpha value is -3.15. The minimum absolute atomic E-state index is 0.0773. The molecule has 2 aromatic carbocycles. The van der Waals surface area contributed by atoms with Crippen LogP contribution in [0.3, 0.4) is 0 Å². The minimum atomic E-state index is -0.417. The molecule has 1 aliphatic heterocycles. The highest BCUT2D eigenvalue weighted by Gasteiger charge is 2.26. The topological polar surface area (TPSA) is 46.1 Å². The van der Waals surface area contributed by atoms with Gasteiger partial charge in [0.2, 0.25) is 0 Å². The quantitative estimate of drug-likeness (QED) is 0.676. The summed E-state index contributed by atoms with van der Waals surface area (Å²) in [6.45, 7) is 1.16. The number of aromatic nitrogens is 2. The number of likely N-dealkylation sites (tertiary alicyclic amines) is 1. The first kappa shape index (κ1) is 18.2. The molecule has 1 fully saturated rings. The summed E-state index contributed by atoms with van der Waals surface area (Å²) < 4.78 is 26.6. The zero-order valence-corrected chi connectivity index (χ0v) is 15.2. The lowest BCUT2D eigenvalue weighted by atomic mass is 9.94. The number of hydrogen-bond acceptors (Lipinski definition) is 3. The van der Waals surface area contributed by atoms with E-state index in [0.29, 0.717) is 24.5 Å². The fourth-order valence-corrected chi connectivity index (χ4v) is 3.55. The third-order valence-corrected chi connectivity index (χ3v) is 4.98. The fraction of sp³-hybridized carbons (Fsp3) is 0.227. The number of piperidine rings is 1. The second-order valence-corrected chi connectivity index (χ2v) is 6.91. The highest BCUT2D eigenvalue weighted by Crippen LogP contribution is 2.28. The predicted molar refractivity (Wildman–Crippen MR) is 102 cm³/mol. The molecule has 1 aliphatic rings. The van der Waals surface area contributed by atoms with Crippen LogP contribution in [0.4, 0.5) is 8.78 Å². The predicted octanol–water partition coefficient (Wildman–Crippen LogP) is 4.44. The average Bonchev–Trinajstić information content (AvgIpc) is 2.74. The van der Waals surface area contributed by atoms with Gasteiger partial charge < -0.3 is 4.90 Å². The first-order chi connectivity index (χ1) is 13.6. The lowest BCUT2D eigenvalue weighted by Crippen LogP contribution is -2.39. The van der Waals surface area contributed by atoms with Crippen LogP contribution in [0.1, 0.15) is 34.8 Å². The molecule has 1 saturated heterocycles. The highest BCUT2D eigenvalue weighted by atomic mass is 19.1. The van der Waals surface area contributed by atoms with Crippen LogP contribution >= 0.6 is 0 Å². The Kier molecular flexibility index (Phi) is 5.10. The SMILES string of the molecule is O=C(c1cccc(F)c1)N1CCC[C@H](c2ccnc(-c3ccc(F)cc3)n2)C1. The Labute approximate surface area is 161 Å². The Morgan fingerprint density at radius 1 is 1.04 bits per heavy atom. The largest absolute Gasteiger partial charge is 0.338 e. The molecule has 2 heterocycles. The van der Waals surface area contributed by atoms with Crippen LogP contribution in [0.25, 0.3) is 11.4 Å². The van der Waals surface area contributed by atoms with Gasteiger partial charge in [-0.05, 0) is 61.4 Å². The van der Waals surface area contributed by atoms with E-state index in [9.17, 15) is 13.6 Å². The van der Waals surface area contributed by atoms with Crippen molar-refractivity contribution in [3.05, 3.63) is 83.7 Å². The second kappa shape index (κ2) is 7.84. The van der Waals surface area contributed by atoms with Gasteiger partial charge in [-0.2, -0.15) is 0 Å². The maximum atomic E-state index is 13.5. The first-order valence-corrected chi connectivity index (χ1v) is 9.24. The number of halogens is 2. The van der Waals surface area contributed by atoms with Crippen molar-refractivity contribution in [2.45, 2.75) is 18.8 Å². The molecule has 0 aliphatic carbocycles. The van der Waals surface area contributed by atoms with E-state index in [1.165, 1.54) is 24.3 Å². The van der Waals surface area contributed by atoms with Crippen molar-refractivity contribution in [1.82, 2.24) is 14.9 Å². The number of amides is 1. The number of benzene rings is 2. The first-order valence-electron chi connectivity index (χ1n) is 9.24. The lowest BCUT2D eigenvalue weighted by molar-refractivity contribution is 0.0705. The Morgan fingerprint density at radius 2 is 1.86 bits per heavy atom. The third kappa shape index (κ3) is 3.91. The molecule has 142 valence electrons. The van der Waals surface area contributed by atoms with Crippen molar-refractivity contribution in [3.63, 3.8) is 0 Å². The van der Waals surface area contributed by atoms with Crippen LogP contribution < -0.4 is 0 Å². The van der Waals surface area contributed by atoms with Gasteiger partial charge in [0.05, 0.1) is 0 Å². The zero-order chi connectivity index (χ0) is 19.5. The summed E-state index contributed by atoms with van der Waals surface area (Å²) >= 11 is 0. The molecule has 4 rings (SSSR count). The van der Waals surface area contributed by atoms with Crippen LogP contribution in [0, 0.1) is 11.6 Å². The summed E-state index contributed by atoms with van der Waals surface area (Å²) in [5.74, 6) is -0.283. The standard InChI is InChI=1S/C22H19F2N3O/c23-18-8-6-15(7-9-18)21-25-11-10-20(26-21)17-4-2-12-27(14-17)22(28)16-3-1-5-19(24)13-16/h1,3,5-11,13,17H,2,4,12,14H2/t17-/m0/s1. The van der Waals surface area contributed by atoms with Crippen molar-refractivity contribution in [2.75, 3.05) is 13.1 Å². The number of nitrogens with zero attached hydrogens (tertiary/aromatic N) is 3. The monoisotopic (exact) mass is 379 g/mol. The summed E-state index contributed by atoms with van der Waals surface area (Å²) in [4.78, 5) is 23.4. The summed E-state index contributed by atoms with van der Waals surface area (Å²) in [7, 11) is 0. The van der Waals surface area contributed by atoms with E-state index in [2.05, 4.69) is 9.97 Å². The molecule has 1 atom stereocenters. The van der Waals surface area contributed by atoms with Crippen LogP contribution in [0.2, 0.25) is 0 Å². The molecule has 4 nitrogen and oxygen atoms in total. The molecule has 0 saturated carbocycles. The van der Waals surface area contributed by atoms with Crippen molar-refractivity contribution in [1.29, 1.82) is 0 Å². The molecule has 1 aromatic heterocycles. The van der Waals surface area contributed by atoms with Gasteiger partial charge in [0.25, 0.3) is 5.91 Å². The van der Waals surface area contributed by atoms with E-state index >= 15 is 0 Å². The molecule has 0 radical (unpaired) electrons. The van der Waals surface area contributed by atoms with Gasteiger partial charge >= 0.3 is 0 Å². The van der Waals surface area contributed by atoms with Gasteiger partial charge in [-0.1, -0.05) is 6.07 Å². The lowest BCUT2D eigenvalue weighted by Gasteiger charge is -2.32. The molecule has 0 unspecified atom stereocenters. The molecule has 0 spiro atoms. The van der Waals surface area contributed by atoms with E-state index in [1.54, 1.807) is 35.4 Å². The van der Waals surface area contributed by atoms with Gasteiger partial charge in [-0.25, -0.2) is 18.7 Å². The van der Waals surface area contributed by atoms with Crippen LogP contribution in [-0.4, -0.2) is 33.9 Å². The van der Waals surface area contributed by atoms with Gasteiger partial charge in [0, 0.05) is 42.0 Å². The van der Waals surface area contributed by atoms with Crippen LogP contribution in [0.15, 0.2) is 60.8 Å². The maximum absolute atomic E-state index is 13.5. The van der Waals surface area contributed by atoms with E-state index < -0.39 is 5.82 Å². The van der Waals surface area contributed by atoms with Crippen molar-refractivity contribution in [2.24, 2.45) is 0 Å². The Morgan fingerprint density at radius 3 is 2.64 bits per heavy atom. The maximum Gasteiger partial charge on any atom is 0.253 e. The van der Waals surface area contributed by atoms with Crippen molar-refractivity contribution >= 4 is 5.91 Å². The highest BCUT2D eigenvalue weighted by molar-refractivity contribution is 5.94. The molecule has 6 heteroatoms. The number of rotatable bonds is 3. The van der Waals surface area contributed by atoms with Crippen molar-refractivity contribution < 1.29 is 13.6 Å². The van der Waals surface area contributed by atoms with E-state index in [1.807, 2.05) is 6.07 Å². The summed E-state index contributed by atoms with van der Waals surface area (Å²) in [6, 6.07) is 13.7.